The van der Waals surface area contributed by atoms with Crippen molar-refractivity contribution in [2.75, 3.05) is 0 Å². The van der Waals surface area contributed by atoms with Crippen LogP contribution in [-0.4, -0.2) is 22.0 Å². The van der Waals surface area contributed by atoms with Gasteiger partial charge in [0.25, 0.3) is 5.91 Å². The molecule has 4 rings (SSSR count). The minimum Gasteiger partial charge on any atom is -0.283 e. The molecule has 0 N–H and O–H groups in total. The van der Waals surface area contributed by atoms with Crippen LogP contribution in [0.1, 0.15) is 37.7 Å². The summed E-state index contributed by atoms with van der Waals surface area (Å²) in [6, 6.07) is 18.4. The van der Waals surface area contributed by atoms with E-state index >= 15 is 0 Å². The van der Waals surface area contributed by atoms with Crippen molar-refractivity contribution in [1.82, 2.24) is 4.90 Å². The molecule has 1 aliphatic carbocycles. The van der Waals surface area contributed by atoms with Crippen LogP contribution in [0.2, 0.25) is 0 Å². The highest BCUT2D eigenvalue weighted by atomic mass is 127. The molecule has 2 aromatic rings. The summed E-state index contributed by atoms with van der Waals surface area (Å²) in [6.45, 7) is 0. The molecule has 1 aliphatic heterocycles. The van der Waals surface area contributed by atoms with Gasteiger partial charge in [0.15, 0.2) is 5.17 Å². The molecule has 138 valence electrons. The number of aliphatic imine (C=N–C) groups is 1. The van der Waals surface area contributed by atoms with Gasteiger partial charge >= 0.3 is 0 Å². The van der Waals surface area contributed by atoms with Gasteiger partial charge in [0.2, 0.25) is 0 Å². The highest BCUT2D eigenvalue weighted by Crippen LogP contribution is 2.38. The van der Waals surface area contributed by atoms with E-state index in [9.17, 15) is 4.79 Å². The van der Waals surface area contributed by atoms with E-state index in [-0.39, 0.29) is 11.9 Å². The van der Waals surface area contributed by atoms with E-state index in [0.717, 1.165) is 34.2 Å². The normalized spacial score (nSPS) is 21.4. The first-order valence-corrected chi connectivity index (χ1v) is 11.2. The third-order valence-electron chi connectivity index (χ3n) is 4.93. The number of carbonyl (C=O) groups is 1. The lowest BCUT2D eigenvalue weighted by Gasteiger charge is -2.30. The number of rotatable bonds is 3. The number of thioether (sulfide) groups is 1. The Morgan fingerprint density at radius 1 is 1.00 bits per heavy atom. The predicted molar refractivity (Wildman–Crippen MR) is 122 cm³/mol. The number of hydrogen-bond donors (Lipinski definition) is 0. The molecule has 3 nitrogen and oxygen atoms in total. The molecule has 2 fully saturated rings. The Kier molecular flexibility index (Phi) is 5.98. The Hall–Kier alpha value is -1.60. The lowest BCUT2D eigenvalue weighted by molar-refractivity contribution is -0.124. The summed E-state index contributed by atoms with van der Waals surface area (Å²) >= 11 is 3.79. The van der Waals surface area contributed by atoms with Crippen molar-refractivity contribution in [1.29, 1.82) is 0 Å². The summed E-state index contributed by atoms with van der Waals surface area (Å²) in [5, 5.41) is 0.815. The van der Waals surface area contributed by atoms with Crippen molar-refractivity contribution < 1.29 is 4.79 Å². The monoisotopic (exact) mass is 488 g/mol. The molecular formula is C22H21IN2OS. The fourth-order valence-corrected chi connectivity index (χ4v) is 4.97. The average Bonchev–Trinajstić information content (AvgIpc) is 3.00. The van der Waals surface area contributed by atoms with Crippen LogP contribution in [0, 0.1) is 3.57 Å². The largest absolute Gasteiger partial charge is 0.283 e. The molecule has 2 aromatic carbocycles. The summed E-state index contributed by atoms with van der Waals surface area (Å²) in [5.74, 6) is 0.0973. The molecular weight excluding hydrogens is 467 g/mol. The van der Waals surface area contributed by atoms with Crippen LogP contribution in [0.25, 0.3) is 6.08 Å². The van der Waals surface area contributed by atoms with Crippen molar-refractivity contribution in [2.45, 2.75) is 38.1 Å². The van der Waals surface area contributed by atoms with E-state index in [1.54, 1.807) is 0 Å². The zero-order valence-corrected chi connectivity index (χ0v) is 17.9. The predicted octanol–water partition coefficient (Wildman–Crippen LogP) is 6.23. The molecule has 0 aromatic heterocycles. The number of benzene rings is 2. The Morgan fingerprint density at radius 3 is 2.41 bits per heavy atom. The summed E-state index contributed by atoms with van der Waals surface area (Å²) in [6.07, 6.45) is 7.77. The Balaban J connectivity index is 1.68. The van der Waals surface area contributed by atoms with Crippen LogP contribution < -0.4 is 0 Å². The second kappa shape index (κ2) is 8.61. The standard InChI is InChI=1S/C22H21IN2OS/c23-17-13-11-16(12-14-17)15-20-21(26)25(19-9-5-2-6-10-19)22(27-20)24-18-7-3-1-4-8-18/h1,3-4,7-8,11-15,19H,2,5-6,9-10H2/b20-15-,24-22?. The van der Waals surface area contributed by atoms with Gasteiger partial charge in [-0.1, -0.05) is 49.6 Å². The minimum atomic E-state index is 0.0973. The molecule has 1 amide bonds. The number of nitrogens with zero attached hydrogens (tertiary/aromatic N) is 2. The van der Waals surface area contributed by atoms with Gasteiger partial charge in [-0.2, -0.15) is 0 Å². The molecule has 0 atom stereocenters. The average molecular weight is 488 g/mol. The van der Waals surface area contributed by atoms with Gasteiger partial charge in [-0.15, -0.1) is 0 Å². The van der Waals surface area contributed by atoms with Crippen LogP contribution in [0.15, 0.2) is 64.5 Å². The number of hydrogen-bond acceptors (Lipinski definition) is 3. The molecule has 0 spiro atoms. The van der Waals surface area contributed by atoms with E-state index in [1.165, 1.54) is 34.6 Å². The maximum atomic E-state index is 13.2. The van der Waals surface area contributed by atoms with Crippen LogP contribution >= 0.6 is 34.4 Å². The SMILES string of the molecule is O=C1/C(=C/c2ccc(I)cc2)SC(=Nc2ccccc2)N1C1CCCCC1. The highest BCUT2D eigenvalue weighted by molar-refractivity contribution is 14.1. The van der Waals surface area contributed by atoms with Crippen LogP contribution in [0.4, 0.5) is 5.69 Å². The quantitative estimate of drug-likeness (QED) is 0.379. The van der Waals surface area contributed by atoms with Crippen molar-refractivity contribution in [3.05, 3.63) is 68.6 Å². The molecule has 2 aliphatic rings. The summed E-state index contributed by atoms with van der Waals surface area (Å²) < 4.78 is 1.19. The summed E-state index contributed by atoms with van der Waals surface area (Å²) in [7, 11) is 0. The smallest absolute Gasteiger partial charge is 0.267 e. The fraction of sp³-hybridized carbons (Fsp3) is 0.273. The third kappa shape index (κ3) is 4.46. The molecule has 0 bridgehead atoms. The van der Waals surface area contributed by atoms with Gasteiger partial charge in [0.1, 0.15) is 0 Å². The van der Waals surface area contributed by atoms with Crippen molar-refractivity contribution in [3.8, 4) is 0 Å². The first-order valence-electron chi connectivity index (χ1n) is 9.33. The number of para-hydroxylation sites is 1. The van der Waals surface area contributed by atoms with E-state index in [2.05, 4.69) is 46.9 Å². The molecule has 0 unspecified atom stereocenters. The van der Waals surface area contributed by atoms with Gasteiger partial charge in [-0.3, -0.25) is 9.69 Å². The molecule has 27 heavy (non-hydrogen) atoms. The van der Waals surface area contributed by atoms with E-state index in [1.807, 2.05) is 41.3 Å². The molecule has 1 saturated carbocycles. The Bertz CT molecular complexity index is 871. The van der Waals surface area contributed by atoms with E-state index in [4.69, 9.17) is 4.99 Å². The Labute approximate surface area is 178 Å². The van der Waals surface area contributed by atoms with E-state index < -0.39 is 0 Å². The summed E-state index contributed by atoms with van der Waals surface area (Å²) in [5.41, 5.74) is 1.94. The van der Waals surface area contributed by atoms with E-state index in [0.29, 0.717) is 0 Å². The molecule has 1 saturated heterocycles. The van der Waals surface area contributed by atoms with Gasteiger partial charge in [0, 0.05) is 9.61 Å². The topological polar surface area (TPSA) is 32.7 Å². The second-order valence-electron chi connectivity index (χ2n) is 6.86. The fourth-order valence-electron chi connectivity index (χ4n) is 3.55. The van der Waals surface area contributed by atoms with Crippen molar-refractivity contribution in [3.63, 3.8) is 0 Å². The van der Waals surface area contributed by atoms with Gasteiger partial charge in [-0.25, -0.2) is 4.99 Å². The van der Waals surface area contributed by atoms with Gasteiger partial charge in [-0.05, 0) is 83.1 Å². The van der Waals surface area contributed by atoms with Crippen molar-refractivity contribution in [2.24, 2.45) is 4.99 Å². The van der Waals surface area contributed by atoms with Crippen LogP contribution in [-0.2, 0) is 4.79 Å². The maximum absolute atomic E-state index is 13.2. The number of halogens is 1. The zero-order valence-electron chi connectivity index (χ0n) is 15.0. The third-order valence-corrected chi connectivity index (χ3v) is 6.63. The van der Waals surface area contributed by atoms with Crippen LogP contribution in [0.3, 0.4) is 0 Å². The minimum absolute atomic E-state index is 0.0973. The number of carbonyl (C=O) groups excluding carboxylic acids is 1. The maximum Gasteiger partial charge on any atom is 0.267 e. The number of amidine groups is 1. The van der Waals surface area contributed by atoms with Gasteiger partial charge < -0.3 is 0 Å². The molecule has 1 heterocycles. The summed E-state index contributed by atoms with van der Waals surface area (Å²) in [4.78, 5) is 20.8. The zero-order chi connectivity index (χ0) is 18.6. The number of amides is 1. The van der Waals surface area contributed by atoms with Crippen molar-refractivity contribution >= 4 is 57.2 Å². The first-order chi connectivity index (χ1) is 13.2. The van der Waals surface area contributed by atoms with Crippen LogP contribution in [0.5, 0.6) is 0 Å². The first kappa shape index (κ1) is 18.7. The second-order valence-corrected chi connectivity index (χ2v) is 9.11. The molecule has 5 heteroatoms. The van der Waals surface area contributed by atoms with Gasteiger partial charge in [0.05, 0.1) is 10.6 Å². The Morgan fingerprint density at radius 2 is 1.70 bits per heavy atom. The lowest BCUT2D eigenvalue weighted by atomic mass is 9.94. The highest BCUT2D eigenvalue weighted by Gasteiger charge is 2.38. The lowest BCUT2D eigenvalue weighted by Crippen LogP contribution is -2.40. The molecule has 0 radical (unpaired) electrons.